The van der Waals surface area contributed by atoms with E-state index in [2.05, 4.69) is 5.32 Å². The molecule has 0 bridgehead atoms. The van der Waals surface area contributed by atoms with Crippen LogP contribution in [0.1, 0.15) is 32.1 Å². The average molecular weight is 316 g/mol. The van der Waals surface area contributed by atoms with Gasteiger partial charge in [-0.2, -0.15) is 0 Å². The average Bonchev–Trinajstić information content (AvgIpc) is 3.40. The smallest absolute Gasteiger partial charge is 0.226 e. The van der Waals surface area contributed by atoms with Gasteiger partial charge in [-0.15, -0.1) is 0 Å². The Hall–Kier alpha value is -2.04. The number of benzene rings is 1. The van der Waals surface area contributed by atoms with Gasteiger partial charge in [0, 0.05) is 19.1 Å². The van der Waals surface area contributed by atoms with Gasteiger partial charge < -0.3 is 15.0 Å². The fourth-order valence-electron chi connectivity index (χ4n) is 2.90. The van der Waals surface area contributed by atoms with Gasteiger partial charge in [0.2, 0.25) is 11.8 Å². The summed E-state index contributed by atoms with van der Waals surface area (Å²) in [5.74, 6) is 0.916. The second kappa shape index (κ2) is 7.49. The number of rotatable bonds is 6. The maximum absolute atomic E-state index is 12.3. The number of para-hydroxylation sites is 1. The van der Waals surface area contributed by atoms with Crippen LogP contribution in [-0.4, -0.2) is 42.5 Å². The van der Waals surface area contributed by atoms with Crippen molar-refractivity contribution >= 4 is 11.8 Å². The number of carbonyl (C=O) groups is 2. The summed E-state index contributed by atoms with van der Waals surface area (Å²) >= 11 is 0. The van der Waals surface area contributed by atoms with E-state index in [4.69, 9.17) is 4.74 Å². The van der Waals surface area contributed by atoms with E-state index in [1.807, 2.05) is 35.2 Å². The lowest BCUT2D eigenvalue weighted by molar-refractivity contribution is -0.136. The summed E-state index contributed by atoms with van der Waals surface area (Å²) in [6.07, 6.45) is 4.32. The zero-order valence-corrected chi connectivity index (χ0v) is 13.4. The van der Waals surface area contributed by atoms with Crippen molar-refractivity contribution in [2.75, 3.05) is 19.7 Å². The van der Waals surface area contributed by atoms with Crippen molar-refractivity contribution in [2.24, 2.45) is 5.92 Å². The molecule has 124 valence electrons. The lowest BCUT2D eigenvalue weighted by atomic mass is 9.97. The molecule has 1 aromatic rings. The van der Waals surface area contributed by atoms with E-state index in [0.717, 1.165) is 38.0 Å². The van der Waals surface area contributed by atoms with Gasteiger partial charge in [0.1, 0.15) is 5.75 Å². The summed E-state index contributed by atoms with van der Waals surface area (Å²) in [5.41, 5.74) is 0. The zero-order valence-electron chi connectivity index (χ0n) is 13.4. The van der Waals surface area contributed by atoms with Gasteiger partial charge in [0.15, 0.2) is 0 Å². The first-order chi connectivity index (χ1) is 11.2. The molecule has 23 heavy (non-hydrogen) atoms. The van der Waals surface area contributed by atoms with Crippen molar-refractivity contribution in [1.82, 2.24) is 10.2 Å². The number of piperidine rings is 1. The predicted octanol–water partition coefficient (Wildman–Crippen LogP) is 1.97. The van der Waals surface area contributed by atoms with Gasteiger partial charge in [-0.25, -0.2) is 0 Å². The normalized spacial score (nSPS) is 20.9. The third-order valence-corrected chi connectivity index (χ3v) is 4.40. The molecule has 2 fully saturated rings. The molecule has 1 atom stereocenters. The molecule has 0 aromatic heterocycles. The maximum Gasteiger partial charge on any atom is 0.226 e. The molecule has 1 heterocycles. The summed E-state index contributed by atoms with van der Waals surface area (Å²) in [4.78, 5) is 26.3. The second-order valence-corrected chi connectivity index (χ2v) is 6.37. The van der Waals surface area contributed by atoms with Crippen molar-refractivity contribution < 1.29 is 14.3 Å². The van der Waals surface area contributed by atoms with Gasteiger partial charge in [-0.3, -0.25) is 9.59 Å². The monoisotopic (exact) mass is 316 g/mol. The molecule has 2 amide bonds. The van der Waals surface area contributed by atoms with E-state index in [0.29, 0.717) is 25.6 Å². The quantitative estimate of drug-likeness (QED) is 0.873. The van der Waals surface area contributed by atoms with E-state index in [9.17, 15) is 9.59 Å². The highest BCUT2D eigenvalue weighted by atomic mass is 16.5. The first-order valence-corrected chi connectivity index (χ1v) is 8.48. The zero-order chi connectivity index (χ0) is 16.1. The van der Waals surface area contributed by atoms with Crippen LogP contribution in [0.15, 0.2) is 30.3 Å². The van der Waals surface area contributed by atoms with Crippen LogP contribution in [0.25, 0.3) is 0 Å². The standard InChI is InChI=1S/C18H24N2O3/c21-17(10-12-23-16-6-2-1-3-7-16)20-11-4-5-14(13-20)18(22)19-15-8-9-15/h1-3,6-7,14-15H,4-5,8-13H2,(H,19,22)/t14-/m1/s1. The summed E-state index contributed by atoms with van der Waals surface area (Å²) in [6.45, 7) is 1.67. The Morgan fingerprint density at radius 3 is 2.70 bits per heavy atom. The van der Waals surface area contributed by atoms with Crippen LogP contribution in [0.2, 0.25) is 0 Å². The molecular formula is C18H24N2O3. The number of hydrogen-bond acceptors (Lipinski definition) is 3. The van der Waals surface area contributed by atoms with Crippen LogP contribution in [0.4, 0.5) is 0 Å². The molecule has 1 saturated heterocycles. The van der Waals surface area contributed by atoms with Crippen molar-refractivity contribution in [3.8, 4) is 5.75 Å². The Kier molecular flexibility index (Phi) is 5.16. The van der Waals surface area contributed by atoms with E-state index in [-0.39, 0.29) is 17.7 Å². The molecule has 1 aliphatic heterocycles. The summed E-state index contributed by atoms with van der Waals surface area (Å²) in [7, 11) is 0. The highest BCUT2D eigenvalue weighted by Crippen LogP contribution is 2.22. The van der Waals surface area contributed by atoms with Crippen LogP contribution in [-0.2, 0) is 9.59 Å². The molecule has 1 aliphatic carbocycles. The Labute approximate surface area is 137 Å². The van der Waals surface area contributed by atoms with Gasteiger partial charge >= 0.3 is 0 Å². The Balaban J connectivity index is 1.42. The number of hydrogen-bond donors (Lipinski definition) is 1. The van der Waals surface area contributed by atoms with Crippen LogP contribution in [0.3, 0.4) is 0 Å². The topological polar surface area (TPSA) is 58.6 Å². The Bertz CT molecular complexity index is 542. The molecule has 1 N–H and O–H groups in total. The fourth-order valence-corrected chi connectivity index (χ4v) is 2.90. The highest BCUT2D eigenvalue weighted by molar-refractivity contribution is 5.81. The number of carbonyl (C=O) groups excluding carboxylic acids is 2. The first kappa shape index (κ1) is 15.8. The molecule has 5 nitrogen and oxygen atoms in total. The Morgan fingerprint density at radius 2 is 1.96 bits per heavy atom. The van der Waals surface area contributed by atoms with Crippen LogP contribution in [0, 0.1) is 5.92 Å². The number of nitrogens with one attached hydrogen (secondary N) is 1. The predicted molar refractivity (Wildman–Crippen MR) is 87.0 cm³/mol. The molecule has 1 saturated carbocycles. The molecule has 0 unspecified atom stereocenters. The SMILES string of the molecule is O=C(NC1CC1)[C@@H]1CCCN(C(=O)CCOc2ccccc2)C1. The summed E-state index contributed by atoms with van der Waals surface area (Å²) < 4.78 is 5.58. The first-order valence-electron chi connectivity index (χ1n) is 8.48. The third-order valence-electron chi connectivity index (χ3n) is 4.40. The summed E-state index contributed by atoms with van der Waals surface area (Å²) in [6, 6.07) is 9.88. The van der Waals surface area contributed by atoms with Gasteiger partial charge in [-0.1, -0.05) is 18.2 Å². The van der Waals surface area contributed by atoms with Gasteiger partial charge in [0.25, 0.3) is 0 Å². The molecule has 2 aliphatic rings. The minimum absolute atomic E-state index is 0.0525. The molecule has 0 radical (unpaired) electrons. The molecule has 5 heteroatoms. The molecular weight excluding hydrogens is 292 g/mol. The van der Waals surface area contributed by atoms with Gasteiger partial charge in [-0.05, 0) is 37.8 Å². The van der Waals surface area contributed by atoms with Crippen LogP contribution >= 0.6 is 0 Å². The second-order valence-electron chi connectivity index (χ2n) is 6.37. The Morgan fingerprint density at radius 1 is 1.17 bits per heavy atom. The number of amides is 2. The lowest BCUT2D eigenvalue weighted by Gasteiger charge is -2.32. The molecule has 0 spiro atoms. The van der Waals surface area contributed by atoms with Crippen molar-refractivity contribution in [3.63, 3.8) is 0 Å². The van der Waals surface area contributed by atoms with E-state index in [1.165, 1.54) is 0 Å². The highest BCUT2D eigenvalue weighted by Gasteiger charge is 2.31. The molecule has 1 aromatic carbocycles. The van der Waals surface area contributed by atoms with Crippen molar-refractivity contribution in [1.29, 1.82) is 0 Å². The number of likely N-dealkylation sites (tertiary alicyclic amines) is 1. The van der Waals surface area contributed by atoms with Crippen LogP contribution < -0.4 is 10.1 Å². The van der Waals surface area contributed by atoms with E-state index >= 15 is 0 Å². The fraction of sp³-hybridized carbons (Fsp3) is 0.556. The van der Waals surface area contributed by atoms with Crippen molar-refractivity contribution in [3.05, 3.63) is 30.3 Å². The molecule has 3 rings (SSSR count). The van der Waals surface area contributed by atoms with Gasteiger partial charge in [0.05, 0.1) is 18.9 Å². The summed E-state index contributed by atoms with van der Waals surface area (Å²) in [5, 5.41) is 3.05. The van der Waals surface area contributed by atoms with E-state index in [1.54, 1.807) is 0 Å². The lowest BCUT2D eigenvalue weighted by Crippen LogP contribution is -2.46. The largest absolute Gasteiger partial charge is 0.493 e. The third kappa shape index (κ3) is 4.71. The number of ether oxygens (including phenoxy) is 1. The number of nitrogens with zero attached hydrogens (tertiary/aromatic N) is 1. The van der Waals surface area contributed by atoms with E-state index < -0.39 is 0 Å². The van der Waals surface area contributed by atoms with Crippen LogP contribution in [0.5, 0.6) is 5.75 Å². The maximum atomic E-state index is 12.3. The minimum Gasteiger partial charge on any atom is -0.493 e. The minimum atomic E-state index is -0.0525. The van der Waals surface area contributed by atoms with Crippen molar-refractivity contribution in [2.45, 2.75) is 38.1 Å².